The Kier molecular flexibility index (Phi) is 27.6. The maximum Gasteiger partial charge on any atom is 0.356 e. The molecule has 0 spiro atoms. The summed E-state index contributed by atoms with van der Waals surface area (Å²) in [6.07, 6.45) is 0.240. The fraction of sp³-hybridized carbons (Fsp3) is 0.556. The molecule has 436 valence electrons. The van der Waals surface area contributed by atoms with E-state index in [0.29, 0.717) is 12.8 Å². The number of hydrogen-bond donors (Lipinski definition) is 6. The van der Waals surface area contributed by atoms with Gasteiger partial charge in [0.15, 0.2) is 25.1 Å². The van der Waals surface area contributed by atoms with Crippen molar-refractivity contribution in [2.45, 2.75) is 103 Å². The number of aromatic nitrogens is 6. The van der Waals surface area contributed by atoms with Gasteiger partial charge in [0.2, 0.25) is 0 Å². The molecule has 3 aliphatic rings. The van der Waals surface area contributed by atoms with E-state index in [1.165, 1.54) is 45.9 Å². The molecule has 4 aromatic rings. The van der Waals surface area contributed by atoms with Crippen LogP contribution >= 0.6 is 22.8 Å². The first-order valence-corrected chi connectivity index (χ1v) is 31.4. The largest absolute Gasteiger partial charge is 0.478 e. The topological polar surface area (TPSA) is 384 Å². The van der Waals surface area contributed by atoms with Crippen molar-refractivity contribution in [3.05, 3.63) is 132 Å². The number of ether oxygens (including phenoxy) is 5. The average Bonchev–Trinajstić information content (AvgIpc) is 4.17. The van der Waals surface area contributed by atoms with Gasteiger partial charge >= 0.3 is 207 Å². The number of H-pyrrole nitrogens is 2. The first-order chi connectivity index (χ1) is 37.2. The van der Waals surface area contributed by atoms with Crippen LogP contribution < -0.4 is 38.4 Å². The van der Waals surface area contributed by atoms with Crippen LogP contribution in [-0.2, 0) is 64.5 Å². The van der Waals surface area contributed by atoms with Gasteiger partial charge in [-0.15, -0.1) is 0 Å². The van der Waals surface area contributed by atoms with Crippen LogP contribution in [0.4, 0.5) is 5.82 Å². The van der Waals surface area contributed by atoms with Gasteiger partial charge in [-0.1, -0.05) is 0 Å². The SMILES string of the molecule is CCOP(=O)(CO)OCC.CCOP(=O)(COC1OC(n2ccc(=O)[nH]c2=O)CC1[Se]c1ccccc1)OCC.CCOP(=O)(COC1OC(n2ccc(N)nc2=O)C(O)C1O)OCC.O=c1ccn(C2CC=CO2)c(=O)[nH]1. The van der Waals surface area contributed by atoms with Crippen molar-refractivity contribution in [2.75, 3.05) is 64.4 Å². The van der Waals surface area contributed by atoms with E-state index in [1.807, 2.05) is 36.4 Å². The van der Waals surface area contributed by atoms with Gasteiger partial charge in [-0.25, -0.2) is 9.59 Å². The van der Waals surface area contributed by atoms with Crippen LogP contribution in [0.25, 0.3) is 0 Å². The van der Waals surface area contributed by atoms with E-state index < -0.39 is 101 Å². The van der Waals surface area contributed by atoms with Crippen LogP contribution in [0.2, 0.25) is 4.82 Å². The maximum atomic E-state index is 12.8. The van der Waals surface area contributed by atoms with E-state index in [2.05, 4.69) is 15.0 Å². The summed E-state index contributed by atoms with van der Waals surface area (Å²) in [5.41, 5.74) is 2.79. The number of nitrogen functional groups attached to an aromatic ring is 1. The summed E-state index contributed by atoms with van der Waals surface area (Å²) in [5, 5.41) is 28.7. The van der Waals surface area contributed by atoms with E-state index in [1.54, 1.807) is 47.8 Å². The van der Waals surface area contributed by atoms with Crippen molar-refractivity contribution in [1.29, 1.82) is 0 Å². The summed E-state index contributed by atoms with van der Waals surface area (Å²) in [6, 6.07) is 13.8. The van der Waals surface area contributed by atoms with E-state index in [4.69, 9.17) is 61.7 Å². The Morgan fingerprint density at radius 3 is 1.60 bits per heavy atom. The minimum absolute atomic E-state index is 0.0106. The Labute approximate surface area is 453 Å². The van der Waals surface area contributed by atoms with Crippen molar-refractivity contribution in [1.82, 2.24) is 28.7 Å². The van der Waals surface area contributed by atoms with Gasteiger partial charge in [-0.2, -0.15) is 4.98 Å². The Morgan fingerprint density at radius 2 is 1.14 bits per heavy atom. The van der Waals surface area contributed by atoms with Crippen LogP contribution in [0, 0.1) is 0 Å². The summed E-state index contributed by atoms with van der Waals surface area (Å²) < 4.78 is 98.8. The van der Waals surface area contributed by atoms with Crippen LogP contribution in [0.1, 0.15) is 73.1 Å². The molecule has 0 aliphatic carbocycles. The van der Waals surface area contributed by atoms with Crippen molar-refractivity contribution in [2.24, 2.45) is 0 Å². The molecule has 1 aromatic carbocycles. The molecule has 0 amide bonds. The number of nitrogens with one attached hydrogen (secondary N) is 2. The molecular weight excluding hydrogens is 1160 g/mol. The standard InChI is InChI=1S/C19H25N2O7PSe.C13H22N3O8P.C8H8N2O3.C5H13O4P/c1-3-26-29(24,27-4-2)13-25-18-15(30-14-8-6-5-7-9-14)12-17(28-18)21-11-10-16(22)20-19(21)23;1-3-22-25(20,23-4-2)7-21-12-10(18)9(17)11(24-12)16-6-5-8(14)15-13(16)19;11-6-3-4-10(8(12)9-6)7-2-1-5-13-7;1-3-8-10(7,5-6)9-4-2/h5-11,15,17-18H,3-4,12-13H2,1-2H3,(H,20,22,23);5-6,9-12,17-18H,3-4,7H2,1-2H3,(H2,14,15,19);1,3-5,7H,2H2,(H,9,11,12);6H,3-5H2,1-2H3. The fourth-order valence-electron chi connectivity index (χ4n) is 7.04. The first kappa shape index (κ1) is 66.0. The Hall–Kier alpha value is -4.51. The number of nitrogens with zero attached hydrogens (tertiary/aromatic N) is 4. The minimum Gasteiger partial charge on any atom is -0.478 e. The molecule has 8 atom stereocenters. The number of anilines is 1. The molecule has 29 nitrogen and oxygen atoms in total. The van der Waals surface area contributed by atoms with Crippen LogP contribution in [0.15, 0.2) is 103 Å². The number of aromatic amines is 2. The molecule has 7 N–H and O–H groups in total. The summed E-state index contributed by atoms with van der Waals surface area (Å²) in [4.78, 5) is 65.3. The van der Waals surface area contributed by atoms with Gasteiger partial charge < -0.3 is 53.4 Å². The second kappa shape index (κ2) is 32.7. The van der Waals surface area contributed by atoms with E-state index in [0.717, 1.165) is 9.03 Å². The number of aliphatic hydroxyl groups is 3. The molecule has 0 radical (unpaired) electrons. The second-order valence-electron chi connectivity index (χ2n) is 15.9. The molecular formula is C45H68N7O22P3Se. The predicted molar refractivity (Wildman–Crippen MR) is 281 cm³/mol. The van der Waals surface area contributed by atoms with Gasteiger partial charge in [0.1, 0.15) is 24.4 Å². The number of rotatable bonds is 24. The third-order valence-corrected chi connectivity index (χ3v) is 18.1. The third kappa shape index (κ3) is 20.2. The smallest absolute Gasteiger partial charge is 0.356 e. The Balaban J connectivity index is 0.000000244. The molecule has 33 heteroatoms. The van der Waals surface area contributed by atoms with Crippen LogP contribution in [0.3, 0.4) is 0 Å². The van der Waals surface area contributed by atoms with E-state index in [9.17, 15) is 47.9 Å². The zero-order valence-corrected chi connectivity index (χ0v) is 48.0. The normalized spacial score (nSPS) is 21.9. The monoisotopic (exact) mass is 1230 g/mol. The second-order valence-corrected chi connectivity index (χ2v) is 24.7. The Morgan fingerprint density at radius 1 is 0.654 bits per heavy atom. The molecule has 3 aromatic heterocycles. The molecule has 0 bridgehead atoms. The summed E-state index contributed by atoms with van der Waals surface area (Å²) in [5.74, 6) is 0.0106. The van der Waals surface area contributed by atoms with Gasteiger partial charge in [-0.3, -0.25) is 28.0 Å². The molecule has 2 fully saturated rings. The van der Waals surface area contributed by atoms with Crippen LogP contribution in [0.5, 0.6) is 0 Å². The van der Waals surface area contributed by atoms with Gasteiger partial charge in [-0.05, 0) is 39.8 Å². The van der Waals surface area contributed by atoms with E-state index >= 15 is 0 Å². The minimum atomic E-state index is -3.52. The molecule has 0 saturated carbocycles. The predicted octanol–water partition coefficient (Wildman–Crippen LogP) is 2.65. The van der Waals surface area contributed by atoms with Gasteiger partial charge in [0.05, 0.1) is 32.7 Å². The van der Waals surface area contributed by atoms with Crippen molar-refractivity contribution < 1.29 is 79.8 Å². The van der Waals surface area contributed by atoms with E-state index in [-0.39, 0.29) is 77.8 Å². The number of aliphatic hydroxyl groups excluding tert-OH is 3. The molecule has 3 aliphatic heterocycles. The average molecular weight is 1230 g/mol. The number of hydrogen-bond acceptors (Lipinski definition) is 24. The van der Waals surface area contributed by atoms with Gasteiger partial charge in [0.25, 0.3) is 5.56 Å². The third-order valence-electron chi connectivity index (χ3n) is 10.3. The maximum absolute atomic E-state index is 12.8. The summed E-state index contributed by atoms with van der Waals surface area (Å²) >= 11 is -0.0201. The van der Waals surface area contributed by atoms with Gasteiger partial charge in [0, 0.05) is 24.9 Å². The number of benzene rings is 1. The zero-order valence-electron chi connectivity index (χ0n) is 43.6. The Bertz CT molecular complexity index is 2910. The molecule has 78 heavy (non-hydrogen) atoms. The molecule has 6 heterocycles. The van der Waals surface area contributed by atoms with Crippen molar-refractivity contribution >= 4 is 48.0 Å². The number of nitrogens with two attached hydrogens (primary N) is 1. The quantitative estimate of drug-likeness (QED) is 0.0434. The van der Waals surface area contributed by atoms with Crippen molar-refractivity contribution in [3.8, 4) is 0 Å². The van der Waals surface area contributed by atoms with Crippen molar-refractivity contribution in [3.63, 3.8) is 0 Å². The fourth-order valence-corrected chi connectivity index (χ4v) is 13.2. The summed E-state index contributed by atoms with van der Waals surface area (Å²) in [7, 11) is -10.1. The molecule has 8 unspecified atom stereocenters. The first-order valence-electron chi connectivity index (χ1n) is 24.4. The molecule has 2 saturated heterocycles. The summed E-state index contributed by atoms with van der Waals surface area (Å²) in [6.45, 7) is 11.5. The molecule has 7 rings (SSSR count). The zero-order chi connectivity index (χ0) is 57.5. The van der Waals surface area contributed by atoms with Crippen LogP contribution in [-0.4, -0.2) is 142 Å².